The highest BCUT2D eigenvalue weighted by Crippen LogP contribution is 2.38. The lowest BCUT2D eigenvalue weighted by Crippen LogP contribution is -2.41. The van der Waals surface area contributed by atoms with Crippen molar-refractivity contribution in [3.8, 4) is 0 Å². The molecule has 1 fully saturated rings. The second-order valence-corrected chi connectivity index (χ2v) is 4.72. The number of hydrogen-bond donors (Lipinski definition) is 0. The molecule has 0 radical (unpaired) electrons. The minimum absolute atomic E-state index is 0.360. The summed E-state index contributed by atoms with van der Waals surface area (Å²) in [5, 5.41) is 7.74. The summed E-state index contributed by atoms with van der Waals surface area (Å²) in [5.41, 5.74) is -0.0845. The van der Waals surface area contributed by atoms with Crippen molar-refractivity contribution >= 4 is 7.12 Å². The summed E-state index contributed by atoms with van der Waals surface area (Å²) in [7, 11) is 1.13. The normalized spacial score (nSPS) is 24.1. The Morgan fingerprint density at radius 2 is 1.69 bits per heavy atom. The van der Waals surface area contributed by atoms with Gasteiger partial charge >= 0.3 is 7.12 Å². The van der Waals surface area contributed by atoms with Crippen molar-refractivity contribution in [3.63, 3.8) is 0 Å². The minimum atomic E-state index is -0.480. The summed E-state index contributed by atoms with van der Waals surface area (Å²) in [4.78, 5) is 0. The van der Waals surface area contributed by atoms with Crippen LogP contribution in [-0.2, 0) is 9.31 Å². The first-order chi connectivity index (χ1) is 7.34. The highest BCUT2D eigenvalue weighted by Gasteiger charge is 2.52. The molecule has 4 nitrogen and oxygen atoms in total. The Kier molecular flexibility index (Phi) is 3.70. The summed E-state index contributed by atoms with van der Waals surface area (Å²) in [6.07, 6.45) is 3.39. The van der Waals surface area contributed by atoms with Gasteiger partial charge in [0.05, 0.1) is 16.8 Å². The van der Waals surface area contributed by atoms with Crippen LogP contribution in [0.3, 0.4) is 0 Å². The van der Waals surface area contributed by atoms with Crippen LogP contribution in [0.2, 0.25) is 0 Å². The molecule has 5 heteroatoms. The maximum Gasteiger partial charge on any atom is 0.516 e. The van der Waals surface area contributed by atoms with Crippen molar-refractivity contribution in [3.05, 3.63) is 24.3 Å². The third-order valence-electron chi connectivity index (χ3n) is 3.00. The zero-order valence-electron chi connectivity index (χ0n) is 10.7. The lowest BCUT2D eigenvalue weighted by molar-refractivity contribution is 0.00578. The first kappa shape index (κ1) is 13.1. The van der Waals surface area contributed by atoms with E-state index >= 15 is 0 Å². The van der Waals surface area contributed by atoms with Crippen molar-refractivity contribution in [2.45, 2.75) is 38.9 Å². The fourth-order valence-electron chi connectivity index (χ4n) is 1.36. The van der Waals surface area contributed by atoms with Crippen molar-refractivity contribution in [1.82, 2.24) is 0 Å². The molecular weight excluding hydrogens is 203 g/mol. The van der Waals surface area contributed by atoms with Gasteiger partial charge in [0, 0.05) is 7.05 Å². The molecule has 88 valence electrons. The van der Waals surface area contributed by atoms with Crippen molar-refractivity contribution in [1.29, 1.82) is 0 Å². The van der Waals surface area contributed by atoms with Crippen molar-refractivity contribution in [2.75, 3.05) is 7.05 Å². The predicted molar refractivity (Wildman–Crippen MR) is 65.1 cm³/mol. The summed E-state index contributed by atoms with van der Waals surface area (Å²) < 4.78 is 11.7. The van der Waals surface area contributed by atoms with Crippen LogP contribution in [0.1, 0.15) is 27.7 Å². The van der Waals surface area contributed by atoms with Crippen LogP contribution in [0.4, 0.5) is 0 Å². The molecule has 16 heavy (non-hydrogen) atoms. The first-order valence-corrected chi connectivity index (χ1v) is 5.32. The fourth-order valence-corrected chi connectivity index (χ4v) is 1.36. The third kappa shape index (κ3) is 2.41. The van der Waals surface area contributed by atoms with Crippen molar-refractivity contribution < 1.29 is 9.31 Å². The van der Waals surface area contributed by atoms with Crippen LogP contribution in [0.25, 0.3) is 0 Å². The molecule has 1 aliphatic rings. The number of azo groups is 1. The number of allylic oxidation sites excluding steroid dienone is 2. The minimum Gasteiger partial charge on any atom is -0.398 e. The van der Waals surface area contributed by atoms with Gasteiger partial charge < -0.3 is 9.31 Å². The average molecular weight is 222 g/mol. The van der Waals surface area contributed by atoms with Gasteiger partial charge in [-0.15, -0.1) is 0 Å². The van der Waals surface area contributed by atoms with Gasteiger partial charge in [-0.25, -0.2) is 0 Å². The number of nitrogens with zero attached hydrogens (tertiary/aromatic N) is 2. The van der Waals surface area contributed by atoms with E-state index in [0.29, 0.717) is 5.60 Å². The number of hydrogen-bond acceptors (Lipinski definition) is 4. The molecule has 0 bridgehead atoms. The average Bonchev–Trinajstić information content (AvgIpc) is 2.36. The highest BCUT2D eigenvalue weighted by atomic mass is 16.7. The Balaban J connectivity index is 2.93. The van der Waals surface area contributed by atoms with Gasteiger partial charge in [-0.2, -0.15) is 10.2 Å². The van der Waals surface area contributed by atoms with Crippen LogP contribution in [-0.4, -0.2) is 25.4 Å². The Bertz CT molecular complexity index is 319. The molecule has 0 saturated carbocycles. The largest absolute Gasteiger partial charge is 0.516 e. The third-order valence-corrected chi connectivity index (χ3v) is 3.00. The quantitative estimate of drug-likeness (QED) is 0.418. The maximum atomic E-state index is 5.84. The van der Waals surface area contributed by atoms with Crippen LogP contribution in [0, 0.1) is 0 Å². The molecule has 0 atom stereocenters. The van der Waals surface area contributed by atoms with Crippen LogP contribution in [0.15, 0.2) is 34.6 Å². The Morgan fingerprint density at radius 1 is 1.19 bits per heavy atom. The van der Waals surface area contributed by atoms with E-state index in [1.807, 2.05) is 27.7 Å². The standard InChI is InChI=1S/C11H19BN2O2/c1-7-8-9(14-13-6)12-15-10(2,3)11(4,5)16-12/h7-8H,1H2,2-6H3/b9-8-,14-13-. The van der Waals surface area contributed by atoms with Gasteiger partial charge in [0.1, 0.15) is 0 Å². The van der Waals surface area contributed by atoms with Crippen LogP contribution < -0.4 is 0 Å². The molecule has 1 aliphatic heterocycles. The lowest BCUT2D eigenvalue weighted by Gasteiger charge is -2.32. The van der Waals surface area contributed by atoms with E-state index in [1.54, 1.807) is 19.2 Å². The lowest BCUT2D eigenvalue weighted by atomic mass is 9.84. The summed E-state index contributed by atoms with van der Waals surface area (Å²) in [6, 6.07) is 0. The van der Waals surface area contributed by atoms with E-state index in [9.17, 15) is 0 Å². The predicted octanol–water partition coefficient (Wildman–Crippen LogP) is 2.77. The maximum absolute atomic E-state index is 5.84. The van der Waals surface area contributed by atoms with E-state index in [0.717, 1.165) is 0 Å². The molecule has 1 rings (SSSR count). The van der Waals surface area contributed by atoms with Crippen molar-refractivity contribution in [2.24, 2.45) is 10.2 Å². The molecule has 1 saturated heterocycles. The van der Waals surface area contributed by atoms with Gasteiger partial charge in [0.2, 0.25) is 0 Å². The van der Waals surface area contributed by atoms with Crippen LogP contribution in [0.5, 0.6) is 0 Å². The Hall–Kier alpha value is -0.935. The smallest absolute Gasteiger partial charge is 0.398 e. The number of rotatable bonds is 3. The van der Waals surface area contributed by atoms with E-state index in [1.165, 1.54) is 0 Å². The zero-order valence-corrected chi connectivity index (χ0v) is 10.7. The Morgan fingerprint density at radius 3 is 2.06 bits per heavy atom. The molecule has 0 unspecified atom stereocenters. The zero-order chi connectivity index (χ0) is 12.4. The second-order valence-electron chi connectivity index (χ2n) is 4.72. The molecule has 0 aromatic carbocycles. The molecule has 0 aliphatic carbocycles. The van der Waals surface area contributed by atoms with Gasteiger partial charge in [0.15, 0.2) is 0 Å². The summed E-state index contributed by atoms with van der Waals surface area (Å²) in [6.45, 7) is 11.6. The van der Waals surface area contributed by atoms with Gasteiger partial charge in [-0.1, -0.05) is 12.7 Å². The molecule has 0 aromatic rings. The first-order valence-electron chi connectivity index (χ1n) is 5.32. The van der Waals surface area contributed by atoms with Gasteiger partial charge in [-0.3, -0.25) is 0 Å². The van der Waals surface area contributed by atoms with Crippen LogP contribution >= 0.6 is 0 Å². The van der Waals surface area contributed by atoms with E-state index in [2.05, 4.69) is 16.8 Å². The van der Waals surface area contributed by atoms with E-state index < -0.39 is 7.12 Å². The second kappa shape index (κ2) is 4.51. The molecular formula is C11H19BN2O2. The monoisotopic (exact) mass is 222 g/mol. The van der Waals surface area contributed by atoms with E-state index in [4.69, 9.17) is 9.31 Å². The molecule has 0 spiro atoms. The molecule has 0 aromatic heterocycles. The fraction of sp³-hybridized carbons (Fsp3) is 0.636. The summed E-state index contributed by atoms with van der Waals surface area (Å²) >= 11 is 0. The molecule has 1 heterocycles. The summed E-state index contributed by atoms with van der Waals surface area (Å²) in [5.74, 6) is 0. The van der Waals surface area contributed by atoms with Gasteiger partial charge in [0.25, 0.3) is 0 Å². The Labute approximate surface area is 97.6 Å². The van der Waals surface area contributed by atoms with E-state index in [-0.39, 0.29) is 11.2 Å². The van der Waals surface area contributed by atoms with Gasteiger partial charge in [-0.05, 0) is 33.8 Å². The highest BCUT2D eigenvalue weighted by molar-refractivity contribution is 6.54. The molecule has 0 N–H and O–H groups in total. The molecule has 0 amide bonds. The SMILES string of the molecule is C=C/C=C(\N=N/C)B1OC(C)(C)C(C)(C)O1. The topological polar surface area (TPSA) is 43.2 Å².